The molecular formula is C80H114N8O38S. The van der Waals surface area contributed by atoms with Gasteiger partial charge >= 0.3 is 6.03 Å². The first-order valence-corrected chi connectivity index (χ1v) is 42.9. The highest BCUT2D eigenvalue weighted by atomic mass is 32.2. The molecule has 9 aliphatic rings. The number of hydrogen-bond donors (Lipinski definition) is 24. The zero-order chi connectivity index (χ0) is 91.0. The molecule has 708 valence electrons. The summed E-state index contributed by atoms with van der Waals surface area (Å²) < 4.78 is 87.1. The van der Waals surface area contributed by atoms with Gasteiger partial charge in [0.05, 0.1) is 58.3 Å². The number of fused-ring (bicyclic) bond motifs is 2. The van der Waals surface area contributed by atoms with Crippen LogP contribution in [0, 0.1) is 0 Å². The van der Waals surface area contributed by atoms with Crippen LogP contribution in [0.4, 0.5) is 4.79 Å². The number of carbonyl (C=O) groups excluding carboxylic acids is 7. The lowest BCUT2D eigenvalue weighted by molar-refractivity contribution is -0.376. The average molecular weight is 1830 g/mol. The van der Waals surface area contributed by atoms with Crippen LogP contribution in [0.25, 0.3) is 22.3 Å². The summed E-state index contributed by atoms with van der Waals surface area (Å²) in [4.78, 5) is 90.2. The van der Waals surface area contributed by atoms with E-state index < -0.39 is 254 Å². The number of unbranched alkanes of at least 4 members (excludes halogenated alkanes) is 1. The molecule has 0 aliphatic carbocycles. The summed E-state index contributed by atoms with van der Waals surface area (Å²) in [5.41, 5.74) is 2.73. The van der Waals surface area contributed by atoms with Crippen molar-refractivity contribution in [2.24, 2.45) is 0 Å². The first-order valence-electron chi connectivity index (χ1n) is 41.9. The number of nitrogens with one attached hydrogen (secondary N) is 8. The molecule has 17 unspecified atom stereocenters. The molecule has 47 heteroatoms. The normalized spacial score (nSPS) is 36.2. The lowest BCUT2D eigenvalue weighted by Gasteiger charge is -2.48. The highest BCUT2D eigenvalue weighted by molar-refractivity contribution is 8.00. The molecule has 3 aromatic rings. The summed E-state index contributed by atoms with van der Waals surface area (Å²) in [5, 5.41) is 193. The van der Waals surface area contributed by atoms with Gasteiger partial charge in [0.25, 0.3) is 17.7 Å². The summed E-state index contributed by atoms with van der Waals surface area (Å²) in [6.07, 6.45) is -43.2. The molecule has 0 spiro atoms. The van der Waals surface area contributed by atoms with Crippen LogP contribution >= 0.6 is 11.8 Å². The molecule has 8 amide bonds. The molecule has 12 rings (SSSR count). The van der Waals surface area contributed by atoms with Gasteiger partial charge < -0.3 is 195 Å². The first kappa shape index (κ1) is 98.6. The van der Waals surface area contributed by atoms with E-state index >= 15 is 0 Å². The van der Waals surface area contributed by atoms with Gasteiger partial charge in [-0.15, -0.1) is 0 Å². The van der Waals surface area contributed by atoms with E-state index in [1.54, 1.807) is 42.5 Å². The van der Waals surface area contributed by atoms with Crippen molar-refractivity contribution in [2.75, 3.05) is 91.4 Å². The van der Waals surface area contributed by atoms with E-state index in [0.717, 1.165) is 32.4 Å². The number of carbonyl (C=O) groups is 7. The van der Waals surface area contributed by atoms with Gasteiger partial charge in [-0.25, -0.2) is 4.79 Å². The summed E-state index contributed by atoms with van der Waals surface area (Å²) in [7, 11) is 0. The Bertz CT molecular complexity index is 4120. The van der Waals surface area contributed by atoms with E-state index in [9.17, 15) is 115 Å². The SMILES string of the molecule is CC(=O)NC1C(O)[C@H](O[C@@H]2OC(CO)[C@H](O)C(O[C@H]3OC(CO)[C@H](O)C(O)[C@@H]3O)C2O)C(CO)O[C@H]1OCCCNC(=O)COc1cc(OCC(=O)NCCCO[C@@H]2OC(CO)[C@@H](O[C@@H]3OC4O[C@@H]4C(O[C@H]4OC(CO)[C@H](O)C(O)C4O)C3O)C(O)C2NC(C)=O)cc(-c2cccc(-c3cccc(C(=O)NCCNC(=O)CCCC[C@@H]4SC[C@@H]5NC(=O)N[C@@H]54)c3)c2)c1. The van der Waals surface area contributed by atoms with E-state index in [0.29, 0.717) is 40.7 Å². The fourth-order valence-corrected chi connectivity index (χ4v) is 17.5. The van der Waals surface area contributed by atoms with Crippen LogP contribution in [0.2, 0.25) is 0 Å². The van der Waals surface area contributed by atoms with Gasteiger partial charge in [-0.1, -0.05) is 36.8 Å². The van der Waals surface area contributed by atoms with E-state index in [-0.39, 0.29) is 98.9 Å². The molecule has 0 aromatic heterocycles. The molecule has 0 saturated carbocycles. The van der Waals surface area contributed by atoms with Gasteiger partial charge in [-0.2, -0.15) is 11.8 Å². The summed E-state index contributed by atoms with van der Waals surface area (Å²) in [5.74, 6) is -2.05. The Balaban J connectivity index is 0.644. The van der Waals surface area contributed by atoms with E-state index in [4.69, 9.17) is 71.1 Å². The van der Waals surface area contributed by atoms with Crippen molar-refractivity contribution >= 4 is 53.2 Å². The third kappa shape index (κ3) is 25.0. The van der Waals surface area contributed by atoms with Crippen LogP contribution in [0.3, 0.4) is 0 Å². The number of benzene rings is 3. The number of thioether (sulfide) groups is 1. The molecule has 127 heavy (non-hydrogen) atoms. The second-order valence-electron chi connectivity index (χ2n) is 31.9. The maximum Gasteiger partial charge on any atom is 0.315 e. The van der Waals surface area contributed by atoms with Crippen molar-refractivity contribution in [3.63, 3.8) is 0 Å². The fourth-order valence-electron chi connectivity index (χ4n) is 16.0. The van der Waals surface area contributed by atoms with Crippen molar-refractivity contribution in [2.45, 2.75) is 254 Å². The zero-order valence-corrected chi connectivity index (χ0v) is 69.9. The van der Waals surface area contributed by atoms with Gasteiger partial charge in [0, 0.05) is 69.1 Å². The lowest BCUT2D eigenvalue weighted by Crippen LogP contribution is -2.68. The Morgan fingerprint density at radius 2 is 0.890 bits per heavy atom. The maximum absolute atomic E-state index is 13.5. The van der Waals surface area contributed by atoms with Crippen LogP contribution in [-0.2, 0) is 85.6 Å². The number of hydrogen-bond acceptors (Lipinski definition) is 39. The number of aliphatic hydroxyl groups excluding tert-OH is 16. The largest absolute Gasteiger partial charge is 0.484 e. The Kier molecular flexibility index (Phi) is 35.8. The second kappa shape index (κ2) is 46.1. The quantitative estimate of drug-likeness (QED) is 0.0142. The molecule has 0 radical (unpaired) electrons. The average Bonchev–Trinajstić information content (AvgIpc) is 1.58. The van der Waals surface area contributed by atoms with Crippen molar-refractivity contribution < 1.29 is 186 Å². The van der Waals surface area contributed by atoms with Crippen LogP contribution in [-0.4, -0.2) is 416 Å². The molecule has 9 aliphatic heterocycles. The number of epoxide rings is 1. The minimum Gasteiger partial charge on any atom is -0.484 e. The highest BCUT2D eigenvalue weighted by Gasteiger charge is 2.62. The van der Waals surface area contributed by atoms with Crippen molar-refractivity contribution in [1.82, 2.24) is 42.5 Å². The van der Waals surface area contributed by atoms with Gasteiger partial charge in [0.15, 0.2) is 57.2 Å². The Morgan fingerprint density at radius 1 is 0.433 bits per heavy atom. The Labute approximate surface area is 730 Å². The van der Waals surface area contributed by atoms with Gasteiger partial charge in [0.1, 0.15) is 152 Å². The van der Waals surface area contributed by atoms with Crippen molar-refractivity contribution in [3.8, 4) is 33.8 Å². The second-order valence-corrected chi connectivity index (χ2v) is 33.2. The molecule has 24 N–H and O–H groups in total. The molecule has 0 bridgehead atoms. The number of aliphatic hydroxyl groups is 16. The van der Waals surface area contributed by atoms with Gasteiger partial charge in [-0.05, 0) is 78.3 Å². The number of amides is 8. The lowest BCUT2D eigenvalue weighted by atomic mass is 9.95. The first-order chi connectivity index (χ1) is 61.0. The van der Waals surface area contributed by atoms with Crippen molar-refractivity contribution in [1.29, 1.82) is 0 Å². The predicted octanol–water partition coefficient (Wildman–Crippen LogP) is -9.42. The minimum absolute atomic E-state index is 0.0272. The molecule has 9 fully saturated rings. The third-order valence-corrected chi connectivity index (χ3v) is 24.3. The number of urea groups is 1. The molecule has 9 heterocycles. The van der Waals surface area contributed by atoms with Gasteiger partial charge in [0.2, 0.25) is 17.7 Å². The van der Waals surface area contributed by atoms with Crippen molar-refractivity contribution in [3.05, 3.63) is 72.3 Å². The monoisotopic (exact) mass is 1830 g/mol. The van der Waals surface area contributed by atoms with Crippen LogP contribution in [0.1, 0.15) is 62.7 Å². The molecule has 3 aromatic carbocycles. The maximum atomic E-state index is 13.5. The van der Waals surface area contributed by atoms with Crippen LogP contribution in [0.5, 0.6) is 11.5 Å². The summed E-state index contributed by atoms with van der Waals surface area (Å²) in [6, 6.07) is 16.0. The Hall–Kier alpha value is -7.46. The number of rotatable bonds is 42. The predicted molar refractivity (Wildman–Crippen MR) is 428 cm³/mol. The third-order valence-electron chi connectivity index (χ3n) is 22.8. The molecule has 33 atom stereocenters. The topological polar surface area (TPSA) is 681 Å². The van der Waals surface area contributed by atoms with Gasteiger partial charge in [-0.3, -0.25) is 28.8 Å². The smallest absolute Gasteiger partial charge is 0.315 e. The highest BCUT2D eigenvalue weighted by Crippen LogP contribution is 2.43. The van der Waals surface area contributed by atoms with Crippen LogP contribution < -0.4 is 52.0 Å². The molecule has 9 saturated heterocycles. The summed E-state index contributed by atoms with van der Waals surface area (Å²) in [6.45, 7) is -3.17. The van der Waals surface area contributed by atoms with E-state index in [2.05, 4.69) is 42.5 Å². The Morgan fingerprint density at radius 3 is 1.43 bits per heavy atom. The fraction of sp³-hybridized carbons (Fsp3) is 0.688. The van der Waals surface area contributed by atoms with E-state index in [1.165, 1.54) is 6.07 Å². The molecule has 46 nitrogen and oxygen atoms in total. The minimum atomic E-state index is -2.05. The molecular weight excluding hydrogens is 1710 g/mol. The van der Waals surface area contributed by atoms with Crippen LogP contribution in [0.15, 0.2) is 66.7 Å². The summed E-state index contributed by atoms with van der Waals surface area (Å²) >= 11 is 1.81. The zero-order valence-electron chi connectivity index (χ0n) is 69.1. The standard InChI is InChI=1S/C80H114N8O38S/c1-34(94)85-54-59(102)67(121-77-65(108)69(58(101)46(28-91)118-77)123-75-63(106)61(104)56(99)44(26-89)116-75)47(29-92)119-73(54)112-19-7-15-81-51(97)31-114-41-23-40(38-11-5-9-36(21-38)37-10-6-12-39(22-37)72(110)84-18-17-83-50(96)14-4-3-13-49-53-43(33-127-49)87-80(111)88-53)24-42(25-41)115-32-52(98)82-16-8-20-113-74-55(86-35(2)95)60(103)68(48(30-93)120-74)122-78-66(109)70(71-79(125-71)126-78)124-76-64(107)62(105)57(100)45(27-90)117-76/h5-6,9-12,21-25,43-49,53-71,73-79,89-93,99-109H,3-4,7-8,13-20,26-33H2,1-2H3,(H,81,97)(H,82,98)(H,83,96)(H,84,110)(H,85,94)(H,86,95)(H2,87,88,111)/t43-,44?,45?,46?,47?,48?,49-,53-,54?,55?,56-,57-,58-,59?,60?,61?,62?,63-,64?,65?,66?,67+,68+,69?,70?,71+,73+,74+,75+,76+,77-,78+,79?/m0/s1. The van der Waals surface area contributed by atoms with E-state index in [1.807, 2.05) is 30.0 Å². The number of ether oxygens (including phenoxy) is 15.